The Kier molecular flexibility index (Phi) is 2.70. The topological polar surface area (TPSA) is 78.4 Å². The molecule has 2 rings (SSSR count). The van der Waals surface area contributed by atoms with Crippen LogP contribution in [0.25, 0.3) is 0 Å². The van der Waals surface area contributed by atoms with Crippen LogP contribution >= 0.6 is 11.6 Å². The summed E-state index contributed by atoms with van der Waals surface area (Å²) in [6.45, 7) is 0. The largest absolute Gasteiger partial charge is 0.481 e. The van der Waals surface area contributed by atoms with Crippen molar-refractivity contribution in [2.45, 2.75) is 12.5 Å². The molecule has 0 bridgehead atoms. The van der Waals surface area contributed by atoms with Gasteiger partial charge in [-0.25, -0.2) is 0 Å². The number of hydrogen-bond donors (Lipinski definition) is 3. The van der Waals surface area contributed by atoms with Crippen molar-refractivity contribution < 1.29 is 14.7 Å². The van der Waals surface area contributed by atoms with E-state index in [2.05, 4.69) is 10.6 Å². The van der Waals surface area contributed by atoms with E-state index < -0.39 is 12.0 Å². The number of carbonyl (C=O) groups excluding carboxylic acids is 1. The zero-order valence-corrected chi connectivity index (χ0v) is 8.91. The number of fused-ring (bicyclic) bond motifs is 1. The summed E-state index contributed by atoms with van der Waals surface area (Å²) in [6.07, 6.45) is -0.266. The van der Waals surface area contributed by atoms with Gasteiger partial charge in [0.05, 0.1) is 17.8 Å². The molecule has 0 aromatic heterocycles. The van der Waals surface area contributed by atoms with Gasteiger partial charge in [0.1, 0.15) is 6.04 Å². The highest BCUT2D eigenvalue weighted by Crippen LogP contribution is 2.30. The van der Waals surface area contributed by atoms with E-state index in [4.69, 9.17) is 16.7 Å². The first-order valence-corrected chi connectivity index (χ1v) is 5.03. The van der Waals surface area contributed by atoms with Crippen LogP contribution < -0.4 is 10.6 Å². The molecule has 6 heteroatoms. The summed E-state index contributed by atoms with van der Waals surface area (Å²) in [4.78, 5) is 22.1. The minimum atomic E-state index is -1.03. The Morgan fingerprint density at radius 1 is 1.44 bits per heavy atom. The van der Waals surface area contributed by atoms with Gasteiger partial charge in [-0.1, -0.05) is 11.6 Å². The van der Waals surface area contributed by atoms with Gasteiger partial charge in [-0.05, 0) is 18.2 Å². The van der Waals surface area contributed by atoms with Crippen LogP contribution in [-0.4, -0.2) is 23.0 Å². The normalized spacial score (nSPS) is 18.3. The second kappa shape index (κ2) is 4.02. The number of halogens is 1. The van der Waals surface area contributed by atoms with E-state index in [0.717, 1.165) is 0 Å². The zero-order valence-electron chi connectivity index (χ0n) is 8.16. The molecule has 0 aliphatic carbocycles. The molecular weight excluding hydrogens is 232 g/mol. The van der Waals surface area contributed by atoms with Gasteiger partial charge in [0.15, 0.2) is 0 Å². The maximum absolute atomic E-state index is 11.5. The molecule has 1 heterocycles. The first-order valence-electron chi connectivity index (χ1n) is 4.65. The van der Waals surface area contributed by atoms with Crippen molar-refractivity contribution in [3.05, 3.63) is 23.2 Å². The van der Waals surface area contributed by atoms with Crippen LogP contribution in [0, 0.1) is 0 Å². The molecule has 1 unspecified atom stereocenters. The lowest BCUT2D eigenvalue weighted by atomic mass is 10.1. The van der Waals surface area contributed by atoms with Crippen molar-refractivity contribution in [2.75, 3.05) is 10.6 Å². The van der Waals surface area contributed by atoms with E-state index in [1.54, 1.807) is 18.2 Å². The van der Waals surface area contributed by atoms with Crippen LogP contribution in [0.1, 0.15) is 6.42 Å². The summed E-state index contributed by atoms with van der Waals surface area (Å²) in [5.41, 5.74) is 1.24. The molecule has 84 valence electrons. The molecule has 5 nitrogen and oxygen atoms in total. The Balaban J connectivity index is 2.26. The average Bonchev–Trinajstić information content (AvgIpc) is 2.19. The molecule has 1 atom stereocenters. The predicted octanol–water partition coefficient (Wildman–Crippen LogP) is 1.55. The van der Waals surface area contributed by atoms with Gasteiger partial charge in [0.25, 0.3) is 0 Å². The quantitative estimate of drug-likeness (QED) is 0.733. The number of amides is 1. The lowest BCUT2D eigenvalue weighted by Crippen LogP contribution is -2.40. The van der Waals surface area contributed by atoms with Crippen molar-refractivity contribution in [3.8, 4) is 0 Å². The van der Waals surface area contributed by atoms with E-state index in [9.17, 15) is 9.59 Å². The minimum Gasteiger partial charge on any atom is -0.481 e. The van der Waals surface area contributed by atoms with Gasteiger partial charge in [-0.2, -0.15) is 0 Å². The minimum absolute atomic E-state index is 0.266. The first-order chi connectivity index (χ1) is 7.56. The second-order valence-corrected chi connectivity index (χ2v) is 3.91. The van der Waals surface area contributed by atoms with E-state index in [-0.39, 0.29) is 12.3 Å². The molecule has 16 heavy (non-hydrogen) atoms. The summed E-state index contributed by atoms with van der Waals surface area (Å²) in [7, 11) is 0. The number of carboxylic acids is 1. The number of rotatable bonds is 2. The van der Waals surface area contributed by atoms with Crippen LogP contribution in [0.4, 0.5) is 11.4 Å². The van der Waals surface area contributed by atoms with Crippen molar-refractivity contribution >= 4 is 34.9 Å². The van der Waals surface area contributed by atoms with Gasteiger partial charge in [-0.15, -0.1) is 0 Å². The van der Waals surface area contributed by atoms with Gasteiger partial charge < -0.3 is 15.7 Å². The number of carbonyl (C=O) groups is 2. The maximum atomic E-state index is 11.5. The molecule has 3 N–H and O–H groups in total. The Bertz CT molecular complexity index is 461. The Hall–Kier alpha value is -1.75. The highest BCUT2D eigenvalue weighted by molar-refractivity contribution is 6.31. The molecule has 0 saturated carbocycles. The monoisotopic (exact) mass is 240 g/mol. The molecule has 0 spiro atoms. The summed E-state index contributed by atoms with van der Waals surface area (Å²) in [5.74, 6) is -1.38. The molecule has 1 amide bonds. The zero-order chi connectivity index (χ0) is 11.7. The van der Waals surface area contributed by atoms with E-state index in [1.807, 2.05) is 0 Å². The van der Waals surface area contributed by atoms with Crippen molar-refractivity contribution in [1.29, 1.82) is 0 Å². The number of carboxylic acid groups (broad SMARTS) is 1. The van der Waals surface area contributed by atoms with Gasteiger partial charge in [-0.3, -0.25) is 9.59 Å². The van der Waals surface area contributed by atoms with Gasteiger partial charge in [0.2, 0.25) is 5.91 Å². The van der Waals surface area contributed by atoms with E-state index in [0.29, 0.717) is 16.4 Å². The molecule has 1 aromatic carbocycles. The van der Waals surface area contributed by atoms with Crippen molar-refractivity contribution in [1.82, 2.24) is 0 Å². The van der Waals surface area contributed by atoms with Crippen molar-refractivity contribution in [3.63, 3.8) is 0 Å². The van der Waals surface area contributed by atoms with Crippen LogP contribution in [0.5, 0.6) is 0 Å². The van der Waals surface area contributed by atoms with Crippen LogP contribution in [0.2, 0.25) is 5.02 Å². The lowest BCUT2D eigenvalue weighted by Gasteiger charge is -2.25. The molecule has 0 radical (unpaired) electrons. The molecule has 1 aliphatic rings. The summed E-state index contributed by atoms with van der Waals surface area (Å²) in [6, 6.07) is 4.20. The highest BCUT2D eigenvalue weighted by atomic mass is 35.5. The van der Waals surface area contributed by atoms with Gasteiger partial charge in [0, 0.05) is 5.02 Å². The third-order valence-electron chi connectivity index (χ3n) is 2.26. The number of hydrogen-bond acceptors (Lipinski definition) is 3. The molecular formula is C10H9ClN2O3. The lowest BCUT2D eigenvalue weighted by molar-refractivity contribution is -0.138. The fourth-order valence-electron chi connectivity index (χ4n) is 1.54. The molecule has 1 aliphatic heterocycles. The maximum Gasteiger partial charge on any atom is 0.305 e. The molecule has 1 aromatic rings. The number of aliphatic carboxylic acids is 1. The highest BCUT2D eigenvalue weighted by Gasteiger charge is 2.27. The number of benzene rings is 1. The third kappa shape index (κ3) is 2.09. The fourth-order valence-corrected chi connectivity index (χ4v) is 1.71. The standard InChI is InChI=1S/C10H9ClN2O3/c11-5-1-2-6-7(3-5)12-8(4-9(14)15)10(16)13-6/h1-3,8,12H,4H2,(H,13,16)(H,14,15). The summed E-state index contributed by atoms with van der Waals surface area (Å²) in [5, 5.41) is 14.6. The van der Waals surface area contributed by atoms with Crippen LogP contribution in [0.3, 0.4) is 0 Å². The molecule has 0 saturated heterocycles. The first kappa shape index (κ1) is 10.8. The summed E-state index contributed by atoms with van der Waals surface area (Å²) < 4.78 is 0. The predicted molar refractivity (Wildman–Crippen MR) is 59.7 cm³/mol. The number of nitrogens with one attached hydrogen (secondary N) is 2. The average molecular weight is 241 g/mol. The SMILES string of the molecule is O=C(O)CC1Nc2cc(Cl)ccc2NC1=O. The van der Waals surface area contributed by atoms with E-state index >= 15 is 0 Å². The third-order valence-corrected chi connectivity index (χ3v) is 2.50. The smallest absolute Gasteiger partial charge is 0.305 e. The second-order valence-electron chi connectivity index (χ2n) is 3.47. The van der Waals surface area contributed by atoms with Crippen LogP contribution in [-0.2, 0) is 9.59 Å². The van der Waals surface area contributed by atoms with Crippen LogP contribution in [0.15, 0.2) is 18.2 Å². The fraction of sp³-hybridized carbons (Fsp3) is 0.200. The Morgan fingerprint density at radius 3 is 2.88 bits per heavy atom. The Labute approximate surface area is 96.4 Å². The van der Waals surface area contributed by atoms with Gasteiger partial charge >= 0.3 is 5.97 Å². The van der Waals surface area contributed by atoms with Crippen molar-refractivity contribution in [2.24, 2.45) is 0 Å². The number of anilines is 2. The summed E-state index contributed by atoms with van der Waals surface area (Å²) >= 11 is 5.80. The Morgan fingerprint density at radius 2 is 2.19 bits per heavy atom. The van der Waals surface area contributed by atoms with E-state index in [1.165, 1.54) is 0 Å². The molecule has 0 fully saturated rings.